The van der Waals surface area contributed by atoms with Crippen LogP contribution >= 0.6 is 0 Å². The standard InChI is InChI=1S/C19H22O6S2/c1-2-25-19(20)18(27(23,24)17-12-7-4-8-13-17)14-9-15-26(21,22)16-10-5-3-6-11-16/h3-8,10-13,18H,2,9,14-15H2,1H3. The molecule has 0 saturated carbocycles. The van der Waals surface area contributed by atoms with Crippen LogP contribution in [0.5, 0.6) is 0 Å². The Morgan fingerprint density at radius 1 is 0.889 bits per heavy atom. The van der Waals surface area contributed by atoms with Gasteiger partial charge in [-0.05, 0) is 44.0 Å². The van der Waals surface area contributed by atoms with Gasteiger partial charge in [-0.2, -0.15) is 0 Å². The summed E-state index contributed by atoms with van der Waals surface area (Å²) in [5.74, 6) is -1.12. The lowest BCUT2D eigenvalue weighted by Gasteiger charge is -2.16. The molecule has 0 spiro atoms. The molecular formula is C19H22O6S2. The predicted octanol–water partition coefficient (Wildman–Crippen LogP) is 2.65. The molecule has 0 aliphatic heterocycles. The van der Waals surface area contributed by atoms with Crippen molar-refractivity contribution in [3.8, 4) is 0 Å². The van der Waals surface area contributed by atoms with Gasteiger partial charge in [0.15, 0.2) is 24.9 Å². The molecule has 8 heteroatoms. The van der Waals surface area contributed by atoms with E-state index >= 15 is 0 Å². The van der Waals surface area contributed by atoms with Crippen LogP contribution in [0, 0.1) is 0 Å². The van der Waals surface area contributed by atoms with E-state index in [1.807, 2.05) is 0 Å². The average molecular weight is 411 g/mol. The van der Waals surface area contributed by atoms with Crippen LogP contribution in [0.2, 0.25) is 0 Å². The van der Waals surface area contributed by atoms with Crippen molar-refractivity contribution in [2.24, 2.45) is 0 Å². The molecule has 1 unspecified atom stereocenters. The van der Waals surface area contributed by atoms with Gasteiger partial charge in [0.2, 0.25) is 0 Å². The summed E-state index contributed by atoms with van der Waals surface area (Å²) < 4.78 is 55.3. The van der Waals surface area contributed by atoms with Crippen molar-refractivity contribution < 1.29 is 26.4 Å². The fourth-order valence-corrected chi connectivity index (χ4v) is 5.63. The molecule has 1 atom stereocenters. The zero-order valence-corrected chi connectivity index (χ0v) is 16.6. The summed E-state index contributed by atoms with van der Waals surface area (Å²) in [6.07, 6.45) is -0.116. The third-order valence-electron chi connectivity index (χ3n) is 3.98. The number of carbonyl (C=O) groups is 1. The van der Waals surface area contributed by atoms with Crippen molar-refractivity contribution in [1.82, 2.24) is 0 Å². The van der Waals surface area contributed by atoms with Gasteiger partial charge in [-0.3, -0.25) is 4.79 Å². The zero-order valence-electron chi connectivity index (χ0n) is 14.9. The monoisotopic (exact) mass is 410 g/mol. The maximum absolute atomic E-state index is 12.8. The number of hydrogen-bond acceptors (Lipinski definition) is 6. The van der Waals surface area contributed by atoms with Gasteiger partial charge in [0.1, 0.15) is 0 Å². The molecule has 2 aromatic carbocycles. The lowest BCUT2D eigenvalue weighted by Crippen LogP contribution is -2.32. The Labute approximate surface area is 160 Å². The number of ether oxygens (including phenoxy) is 1. The number of carbonyl (C=O) groups excluding carboxylic acids is 1. The molecule has 0 heterocycles. The molecule has 2 aromatic rings. The first kappa shape index (κ1) is 21.1. The largest absolute Gasteiger partial charge is 0.465 e. The van der Waals surface area contributed by atoms with E-state index in [2.05, 4.69) is 0 Å². The second kappa shape index (κ2) is 9.14. The van der Waals surface area contributed by atoms with Crippen LogP contribution in [0.25, 0.3) is 0 Å². The molecule has 0 aliphatic carbocycles. The lowest BCUT2D eigenvalue weighted by molar-refractivity contribution is -0.142. The molecule has 0 radical (unpaired) electrons. The summed E-state index contributed by atoms with van der Waals surface area (Å²) in [5, 5.41) is -1.44. The lowest BCUT2D eigenvalue weighted by atomic mass is 10.2. The van der Waals surface area contributed by atoms with Crippen molar-refractivity contribution in [2.75, 3.05) is 12.4 Å². The third kappa shape index (κ3) is 5.40. The van der Waals surface area contributed by atoms with E-state index in [1.165, 1.54) is 24.3 Å². The number of hydrogen-bond donors (Lipinski definition) is 0. The van der Waals surface area contributed by atoms with Crippen LogP contribution in [-0.2, 0) is 29.2 Å². The highest BCUT2D eigenvalue weighted by Crippen LogP contribution is 2.22. The minimum Gasteiger partial charge on any atom is -0.465 e. The van der Waals surface area contributed by atoms with Crippen molar-refractivity contribution in [2.45, 2.75) is 34.8 Å². The van der Waals surface area contributed by atoms with E-state index in [0.29, 0.717) is 0 Å². The van der Waals surface area contributed by atoms with E-state index in [0.717, 1.165) is 0 Å². The van der Waals surface area contributed by atoms with E-state index in [4.69, 9.17) is 4.74 Å². The first-order valence-electron chi connectivity index (χ1n) is 8.52. The van der Waals surface area contributed by atoms with E-state index in [-0.39, 0.29) is 35.0 Å². The fraction of sp³-hybridized carbons (Fsp3) is 0.316. The Bertz CT molecular complexity index is 952. The summed E-state index contributed by atoms with van der Waals surface area (Å²) in [4.78, 5) is 12.4. The molecule has 27 heavy (non-hydrogen) atoms. The molecule has 0 aromatic heterocycles. The van der Waals surface area contributed by atoms with E-state index in [1.54, 1.807) is 43.3 Å². The smallest absolute Gasteiger partial charge is 0.324 e. The first-order valence-corrected chi connectivity index (χ1v) is 11.7. The van der Waals surface area contributed by atoms with Gasteiger partial charge in [0, 0.05) is 0 Å². The number of rotatable bonds is 9. The minimum atomic E-state index is -3.97. The molecule has 0 amide bonds. The Hall–Kier alpha value is -2.19. The van der Waals surface area contributed by atoms with Crippen LogP contribution in [0.15, 0.2) is 70.5 Å². The third-order valence-corrected chi connectivity index (χ3v) is 7.90. The summed E-state index contributed by atoms with van der Waals surface area (Å²) in [7, 11) is -7.53. The Balaban J connectivity index is 2.18. The molecule has 146 valence electrons. The van der Waals surface area contributed by atoms with Gasteiger partial charge in [-0.1, -0.05) is 36.4 Å². The molecule has 6 nitrogen and oxygen atoms in total. The molecule has 0 aliphatic rings. The highest BCUT2D eigenvalue weighted by atomic mass is 32.2. The number of sulfone groups is 2. The second-order valence-corrected chi connectivity index (χ2v) is 10.1. The van der Waals surface area contributed by atoms with Crippen molar-refractivity contribution >= 4 is 25.6 Å². The highest BCUT2D eigenvalue weighted by Gasteiger charge is 2.35. The molecular weight excluding hydrogens is 388 g/mol. The predicted molar refractivity (Wildman–Crippen MR) is 102 cm³/mol. The van der Waals surface area contributed by atoms with E-state index < -0.39 is 30.9 Å². The van der Waals surface area contributed by atoms with Gasteiger partial charge in [-0.25, -0.2) is 16.8 Å². The van der Waals surface area contributed by atoms with Gasteiger partial charge in [-0.15, -0.1) is 0 Å². The van der Waals surface area contributed by atoms with Crippen molar-refractivity contribution in [3.63, 3.8) is 0 Å². The molecule has 0 bridgehead atoms. The Morgan fingerprint density at radius 3 is 1.93 bits per heavy atom. The van der Waals surface area contributed by atoms with Gasteiger partial charge < -0.3 is 4.74 Å². The normalized spacial score (nSPS) is 13.1. The summed E-state index contributed by atoms with van der Waals surface area (Å²) in [5.41, 5.74) is 0. The van der Waals surface area contributed by atoms with Gasteiger partial charge >= 0.3 is 5.97 Å². The number of benzene rings is 2. The van der Waals surface area contributed by atoms with Crippen LogP contribution < -0.4 is 0 Å². The Kier molecular flexibility index (Phi) is 7.15. The Morgan fingerprint density at radius 2 is 1.41 bits per heavy atom. The second-order valence-electron chi connectivity index (χ2n) is 5.87. The SMILES string of the molecule is CCOC(=O)C(CCCS(=O)(=O)c1ccccc1)S(=O)(=O)c1ccccc1. The molecule has 2 rings (SSSR count). The van der Waals surface area contributed by atoms with Crippen LogP contribution in [-0.4, -0.2) is 40.4 Å². The zero-order chi connectivity index (χ0) is 19.9. The van der Waals surface area contributed by atoms with E-state index in [9.17, 15) is 21.6 Å². The van der Waals surface area contributed by atoms with Gasteiger partial charge in [0.25, 0.3) is 0 Å². The summed E-state index contributed by atoms with van der Waals surface area (Å²) >= 11 is 0. The molecule has 0 N–H and O–H groups in total. The van der Waals surface area contributed by atoms with Crippen LogP contribution in [0.4, 0.5) is 0 Å². The van der Waals surface area contributed by atoms with Crippen LogP contribution in [0.1, 0.15) is 19.8 Å². The van der Waals surface area contributed by atoms with Gasteiger partial charge in [0.05, 0.1) is 22.2 Å². The summed E-state index contributed by atoms with van der Waals surface area (Å²) in [6, 6.07) is 15.5. The number of esters is 1. The quantitative estimate of drug-likeness (QED) is 0.590. The minimum absolute atomic E-state index is 0.00831. The average Bonchev–Trinajstić information content (AvgIpc) is 2.66. The maximum atomic E-state index is 12.8. The molecule has 0 saturated heterocycles. The van der Waals surface area contributed by atoms with Crippen molar-refractivity contribution in [1.29, 1.82) is 0 Å². The summed E-state index contributed by atoms with van der Waals surface area (Å²) in [6.45, 7) is 1.63. The topological polar surface area (TPSA) is 94.6 Å². The maximum Gasteiger partial charge on any atom is 0.324 e. The van der Waals surface area contributed by atoms with Crippen LogP contribution in [0.3, 0.4) is 0 Å². The molecule has 0 fully saturated rings. The van der Waals surface area contributed by atoms with Crippen molar-refractivity contribution in [3.05, 3.63) is 60.7 Å². The first-order chi connectivity index (χ1) is 12.8. The fourth-order valence-electron chi connectivity index (χ4n) is 2.61. The highest BCUT2D eigenvalue weighted by molar-refractivity contribution is 7.93.